The summed E-state index contributed by atoms with van der Waals surface area (Å²) >= 11 is 1.69. The first kappa shape index (κ1) is 16.7. The van der Waals surface area contributed by atoms with Gasteiger partial charge in [0.25, 0.3) is 5.91 Å². The van der Waals surface area contributed by atoms with E-state index in [4.69, 9.17) is 4.42 Å². The number of rotatable bonds is 5. The van der Waals surface area contributed by atoms with Gasteiger partial charge in [0.2, 0.25) is 0 Å². The third kappa shape index (κ3) is 3.77. The van der Waals surface area contributed by atoms with E-state index in [9.17, 15) is 9.90 Å². The van der Waals surface area contributed by atoms with Crippen molar-refractivity contribution in [1.29, 1.82) is 0 Å². The van der Waals surface area contributed by atoms with Crippen LogP contribution < -0.4 is 0 Å². The molecule has 25 heavy (non-hydrogen) atoms. The second kappa shape index (κ2) is 6.89. The number of nitrogens with zero attached hydrogens (tertiary/aromatic N) is 1. The number of furan rings is 1. The summed E-state index contributed by atoms with van der Waals surface area (Å²) in [5.74, 6) is 2.09. The predicted octanol–water partition coefficient (Wildman–Crippen LogP) is 3.95. The lowest BCUT2D eigenvalue weighted by Crippen LogP contribution is -2.44. The lowest BCUT2D eigenvalue weighted by atomic mass is 9.90. The van der Waals surface area contributed by atoms with Gasteiger partial charge in [-0.3, -0.25) is 4.79 Å². The van der Waals surface area contributed by atoms with Crippen LogP contribution in [0.15, 0.2) is 51.8 Å². The summed E-state index contributed by atoms with van der Waals surface area (Å²) in [7, 11) is 0. The van der Waals surface area contributed by atoms with E-state index in [1.54, 1.807) is 17.8 Å². The van der Waals surface area contributed by atoms with Crippen molar-refractivity contribution in [2.75, 3.05) is 13.1 Å². The van der Waals surface area contributed by atoms with Crippen LogP contribution in [0.2, 0.25) is 0 Å². The highest BCUT2D eigenvalue weighted by molar-refractivity contribution is 7.98. The SMILES string of the molecule is O=C(c1ccc(CSc2ccccc2)o1)N1CCCC(C2(O)CC2)C1. The molecule has 0 bridgehead atoms. The molecule has 2 aromatic rings. The highest BCUT2D eigenvalue weighted by atomic mass is 32.2. The van der Waals surface area contributed by atoms with Crippen LogP contribution in [0.1, 0.15) is 42.0 Å². The molecule has 1 saturated carbocycles. The van der Waals surface area contributed by atoms with Gasteiger partial charge < -0.3 is 14.4 Å². The molecule has 1 atom stereocenters. The third-order valence-corrected chi connectivity index (χ3v) is 6.26. The van der Waals surface area contributed by atoms with E-state index in [-0.39, 0.29) is 11.8 Å². The Morgan fingerprint density at radius 2 is 2.04 bits per heavy atom. The highest BCUT2D eigenvalue weighted by Crippen LogP contribution is 2.45. The Bertz CT molecular complexity index is 738. The number of hydrogen-bond acceptors (Lipinski definition) is 4. The monoisotopic (exact) mass is 357 g/mol. The molecule has 1 saturated heterocycles. The molecule has 4 rings (SSSR count). The molecule has 1 aromatic carbocycles. The Morgan fingerprint density at radius 1 is 1.24 bits per heavy atom. The molecule has 1 N–H and O–H groups in total. The number of benzene rings is 1. The largest absolute Gasteiger partial charge is 0.455 e. The Labute approximate surface area is 152 Å². The van der Waals surface area contributed by atoms with Gasteiger partial charge >= 0.3 is 0 Å². The van der Waals surface area contributed by atoms with Crippen LogP contribution in [-0.4, -0.2) is 34.6 Å². The molecule has 0 spiro atoms. The second-order valence-electron chi connectivity index (χ2n) is 7.06. The van der Waals surface area contributed by atoms with Gasteiger partial charge in [-0.25, -0.2) is 0 Å². The molecule has 132 valence electrons. The van der Waals surface area contributed by atoms with E-state index in [1.807, 2.05) is 29.2 Å². The smallest absolute Gasteiger partial charge is 0.289 e. The molecule has 2 fully saturated rings. The van der Waals surface area contributed by atoms with E-state index in [0.717, 1.165) is 38.0 Å². The summed E-state index contributed by atoms with van der Waals surface area (Å²) < 4.78 is 5.78. The van der Waals surface area contributed by atoms with E-state index in [0.29, 0.717) is 18.1 Å². The first-order chi connectivity index (χ1) is 12.1. The van der Waals surface area contributed by atoms with Crippen molar-refractivity contribution in [2.24, 2.45) is 5.92 Å². The fourth-order valence-electron chi connectivity index (χ4n) is 3.53. The van der Waals surface area contributed by atoms with Crippen molar-refractivity contribution in [2.45, 2.75) is 41.9 Å². The molecule has 2 aliphatic rings. The van der Waals surface area contributed by atoms with Gasteiger partial charge in [-0.2, -0.15) is 0 Å². The lowest BCUT2D eigenvalue weighted by Gasteiger charge is -2.34. The maximum Gasteiger partial charge on any atom is 0.289 e. The molecule has 1 aliphatic carbocycles. The molecule has 0 radical (unpaired) electrons. The molecule has 1 aromatic heterocycles. The van der Waals surface area contributed by atoms with Gasteiger partial charge in [-0.1, -0.05) is 18.2 Å². The van der Waals surface area contributed by atoms with Crippen molar-refractivity contribution in [3.8, 4) is 0 Å². The zero-order valence-electron chi connectivity index (χ0n) is 14.2. The molecule has 1 unspecified atom stereocenters. The van der Waals surface area contributed by atoms with Crippen LogP contribution in [0.5, 0.6) is 0 Å². The van der Waals surface area contributed by atoms with E-state index >= 15 is 0 Å². The Hall–Kier alpha value is -1.72. The Morgan fingerprint density at radius 3 is 2.80 bits per heavy atom. The number of piperidine rings is 1. The van der Waals surface area contributed by atoms with Gasteiger partial charge in [-0.15, -0.1) is 11.8 Å². The fourth-order valence-corrected chi connectivity index (χ4v) is 4.35. The van der Waals surface area contributed by atoms with E-state index in [2.05, 4.69) is 12.1 Å². The summed E-state index contributed by atoms with van der Waals surface area (Å²) in [5.41, 5.74) is -0.514. The van der Waals surface area contributed by atoms with Crippen molar-refractivity contribution in [1.82, 2.24) is 4.90 Å². The minimum absolute atomic E-state index is 0.0510. The number of aliphatic hydroxyl groups is 1. The lowest BCUT2D eigenvalue weighted by molar-refractivity contribution is 0.0266. The standard InChI is InChI=1S/C20H23NO3S/c22-19(21-12-4-5-15(13-21)20(23)10-11-20)18-9-8-16(24-18)14-25-17-6-2-1-3-7-17/h1-3,6-9,15,23H,4-5,10-14H2. The summed E-state index contributed by atoms with van der Waals surface area (Å²) in [6, 6.07) is 13.8. The van der Waals surface area contributed by atoms with Crippen LogP contribution in [0.3, 0.4) is 0 Å². The molecule has 1 amide bonds. The van der Waals surface area contributed by atoms with Crippen LogP contribution in [0.4, 0.5) is 0 Å². The normalized spacial score (nSPS) is 22.0. The van der Waals surface area contributed by atoms with Crippen molar-refractivity contribution in [3.05, 3.63) is 54.0 Å². The van der Waals surface area contributed by atoms with E-state index < -0.39 is 5.60 Å². The van der Waals surface area contributed by atoms with Gasteiger partial charge in [0.05, 0.1) is 11.4 Å². The number of amides is 1. The average Bonchev–Trinajstić information content (AvgIpc) is 3.24. The van der Waals surface area contributed by atoms with Crippen LogP contribution >= 0.6 is 11.8 Å². The summed E-state index contributed by atoms with van der Waals surface area (Å²) in [6.45, 7) is 1.39. The van der Waals surface area contributed by atoms with Crippen molar-refractivity contribution >= 4 is 17.7 Å². The van der Waals surface area contributed by atoms with Crippen LogP contribution in [0.25, 0.3) is 0 Å². The van der Waals surface area contributed by atoms with E-state index in [1.165, 1.54) is 4.90 Å². The molecule has 4 nitrogen and oxygen atoms in total. The zero-order chi connectivity index (χ0) is 17.3. The molecular formula is C20H23NO3S. The summed E-state index contributed by atoms with van der Waals surface area (Å²) in [4.78, 5) is 15.8. The highest BCUT2D eigenvalue weighted by Gasteiger charge is 2.49. The topological polar surface area (TPSA) is 53.7 Å². The molecule has 2 heterocycles. The number of likely N-dealkylation sites (tertiary alicyclic amines) is 1. The summed E-state index contributed by atoms with van der Waals surface area (Å²) in [6.07, 6.45) is 3.72. The van der Waals surface area contributed by atoms with Crippen LogP contribution in [0, 0.1) is 5.92 Å². The number of carbonyl (C=O) groups is 1. The van der Waals surface area contributed by atoms with Crippen molar-refractivity contribution in [3.63, 3.8) is 0 Å². The quantitative estimate of drug-likeness (QED) is 0.823. The zero-order valence-corrected chi connectivity index (χ0v) is 15.0. The van der Waals surface area contributed by atoms with Crippen LogP contribution in [-0.2, 0) is 5.75 Å². The second-order valence-corrected chi connectivity index (χ2v) is 8.11. The maximum absolute atomic E-state index is 12.7. The number of hydrogen-bond donors (Lipinski definition) is 1. The van der Waals surface area contributed by atoms with Gasteiger partial charge in [0.15, 0.2) is 5.76 Å². The first-order valence-electron chi connectivity index (χ1n) is 8.92. The van der Waals surface area contributed by atoms with Gasteiger partial charge in [0.1, 0.15) is 5.76 Å². The minimum Gasteiger partial charge on any atom is -0.455 e. The third-order valence-electron chi connectivity index (χ3n) is 5.23. The number of thioether (sulfide) groups is 1. The van der Waals surface area contributed by atoms with Gasteiger partial charge in [0, 0.05) is 23.9 Å². The molecular weight excluding hydrogens is 334 g/mol. The Kier molecular flexibility index (Phi) is 4.61. The summed E-state index contributed by atoms with van der Waals surface area (Å²) in [5, 5.41) is 10.3. The average molecular weight is 357 g/mol. The number of carbonyl (C=O) groups excluding carboxylic acids is 1. The fraction of sp³-hybridized carbons (Fsp3) is 0.450. The maximum atomic E-state index is 12.7. The van der Waals surface area contributed by atoms with Crippen molar-refractivity contribution < 1.29 is 14.3 Å². The first-order valence-corrected chi connectivity index (χ1v) is 9.91. The minimum atomic E-state index is -0.514. The molecule has 5 heteroatoms. The molecule has 1 aliphatic heterocycles. The predicted molar refractivity (Wildman–Crippen MR) is 97.5 cm³/mol. The van der Waals surface area contributed by atoms with Gasteiger partial charge in [-0.05, 0) is 49.9 Å². The Balaban J connectivity index is 1.37.